The van der Waals surface area contributed by atoms with Crippen molar-refractivity contribution in [3.63, 3.8) is 0 Å². The van der Waals surface area contributed by atoms with Crippen molar-refractivity contribution in [1.29, 1.82) is 0 Å². The Morgan fingerprint density at radius 1 is 1.00 bits per heavy atom. The predicted octanol–water partition coefficient (Wildman–Crippen LogP) is 5.06. The summed E-state index contributed by atoms with van der Waals surface area (Å²) >= 11 is 0. The number of ether oxygens (including phenoxy) is 1. The maximum atomic E-state index is 12.4. The summed E-state index contributed by atoms with van der Waals surface area (Å²) in [5.41, 5.74) is 1.81. The molecule has 152 valence electrons. The molecule has 0 atom stereocenters. The van der Waals surface area contributed by atoms with E-state index in [1.165, 1.54) is 0 Å². The Labute approximate surface area is 169 Å². The lowest BCUT2D eigenvalue weighted by atomic mass is 10.0. The molecule has 0 bridgehead atoms. The quantitative estimate of drug-likeness (QED) is 0.659. The number of carbonyl (C=O) groups excluding carboxylic acids is 1. The standard InChI is InChI=1S/C23H26N2O4/c1-23(2,3)29-22(28)24-12-10-16(11-13-24)25-19-7-5-4-6-17(19)18-9-8-15(21(26)27)14-20(18)25/h4-9,14,16H,10-13H2,1-3H3,(H,26,27). The lowest BCUT2D eigenvalue weighted by Gasteiger charge is -2.34. The van der Waals surface area contributed by atoms with Crippen molar-refractivity contribution < 1.29 is 19.4 Å². The van der Waals surface area contributed by atoms with Gasteiger partial charge in [0.2, 0.25) is 0 Å². The maximum Gasteiger partial charge on any atom is 0.410 e. The normalized spacial score (nSPS) is 15.8. The first-order valence-electron chi connectivity index (χ1n) is 9.98. The number of rotatable bonds is 2. The number of hydrogen-bond donors (Lipinski definition) is 1. The summed E-state index contributed by atoms with van der Waals surface area (Å²) in [5, 5.41) is 11.6. The molecule has 1 aliphatic rings. The van der Waals surface area contributed by atoms with Crippen LogP contribution in [0.2, 0.25) is 0 Å². The zero-order valence-corrected chi connectivity index (χ0v) is 17.0. The Bertz CT molecular complexity index is 1090. The molecule has 1 N–H and O–H groups in total. The van der Waals surface area contributed by atoms with E-state index < -0.39 is 11.6 Å². The van der Waals surface area contributed by atoms with Crippen LogP contribution in [0.25, 0.3) is 21.8 Å². The molecule has 0 spiro atoms. The van der Waals surface area contributed by atoms with Gasteiger partial charge < -0.3 is 19.3 Å². The molecule has 1 aliphatic heterocycles. The molecule has 4 rings (SSSR count). The second kappa shape index (κ2) is 7.10. The van der Waals surface area contributed by atoms with Crippen molar-refractivity contribution in [2.75, 3.05) is 13.1 Å². The number of aromatic carboxylic acids is 1. The average Bonchev–Trinajstić information content (AvgIpc) is 3.00. The summed E-state index contributed by atoms with van der Waals surface area (Å²) in [5.74, 6) is -0.927. The van der Waals surface area contributed by atoms with Gasteiger partial charge in [-0.2, -0.15) is 0 Å². The first-order valence-corrected chi connectivity index (χ1v) is 9.98. The number of likely N-dealkylation sites (tertiary alicyclic amines) is 1. The predicted molar refractivity (Wildman–Crippen MR) is 112 cm³/mol. The number of nitrogens with zero attached hydrogens (tertiary/aromatic N) is 2. The molecule has 0 radical (unpaired) electrons. The van der Waals surface area contributed by atoms with E-state index in [1.54, 1.807) is 17.0 Å². The molecule has 0 unspecified atom stereocenters. The smallest absolute Gasteiger partial charge is 0.410 e. The minimum absolute atomic E-state index is 0.195. The highest BCUT2D eigenvalue weighted by molar-refractivity contribution is 6.09. The Balaban J connectivity index is 1.68. The Hall–Kier alpha value is -3.02. The van der Waals surface area contributed by atoms with E-state index in [-0.39, 0.29) is 17.7 Å². The zero-order chi connectivity index (χ0) is 20.8. The number of para-hydroxylation sites is 1. The fourth-order valence-electron chi connectivity index (χ4n) is 4.16. The van der Waals surface area contributed by atoms with Crippen LogP contribution in [-0.2, 0) is 4.74 Å². The number of benzene rings is 2. The van der Waals surface area contributed by atoms with Crippen LogP contribution in [0.3, 0.4) is 0 Å². The number of aromatic nitrogens is 1. The van der Waals surface area contributed by atoms with E-state index in [0.29, 0.717) is 13.1 Å². The second-order valence-electron chi connectivity index (χ2n) is 8.62. The third-order valence-electron chi connectivity index (χ3n) is 5.44. The molecule has 0 saturated carbocycles. The lowest BCUT2D eigenvalue weighted by Crippen LogP contribution is -2.42. The highest BCUT2D eigenvalue weighted by Crippen LogP contribution is 2.36. The van der Waals surface area contributed by atoms with Gasteiger partial charge in [-0.3, -0.25) is 0 Å². The molecule has 1 saturated heterocycles. The molecule has 2 aromatic carbocycles. The van der Waals surface area contributed by atoms with Crippen molar-refractivity contribution >= 4 is 33.9 Å². The van der Waals surface area contributed by atoms with Gasteiger partial charge in [0, 0.05) is 35.4 Å². The second-order valence-corrected chi connectivity index (χ2v) is 8.62. The van der Waals surface area contributed by atoms with Crippen molar-refractivity contribution in [1.82, 2.24) is 9.47 Å². The van der Waals surface area contributed by atoms with Gasteiger partial charge in [0.15, 0.2) is 0 Å². The first-order chi connectivity index (χ1) is 13.7. The van der Waals surface area contributed by atoms with Gasteiger partial charge in [-0.1, -0.05) is 24.3 Å². The average molecular weight is 394 g/mol. The van der Waals surface area contributed by atoms with Gasteiger partial charge in [0.05, 0.1) is 11.1 Å². The van der Waals surface area contributed by atoms with Crippen LogP contribution >= 0.6 is 0 Å². The van der Waals surface area contributed by atoms with Crippen LogP contribution in [0.1, 0.15) is 50.0 Å². The van der Waals surface area contributed by atoms with Crippen molar-refractivity contribution in [3.8, 4) is 0 Å². The molecule has 6 heteroatoms. The summed E-state index contributed by atoms with van der Waals surface area (Å²) in [7, 11) is 0. The molecule has 2 heterocycles. The van der Waals surface area contributed by atoms with Gasteiger partial charge >= 0.3 is 12.1 Å². The lowest BCUT2D eigenvalue weighted by molar-refractivity contribution is 0.0190. The van der Waals surface area contributed by atoms with Crippen molar-refractivity contribution in [2.24, 2.45) is 0 Å². The molecule has 6 nitrogen and oxygen atoms in total. The largest absolute Gasteiger partial charge is 0.478 e. The molecule has 3 aromatic rings. The fraction of sp³-hybridized carbons (Fsp3) is 0.391. The third-order valence-corrected chi connectivity index (χ3v) is 5.44. The number of carboxylic acid groups (broad SMARTS) is 1. The summed E-state index contributed by atoms with van der Waals surface area (Å²) in [6, 6.07) is 13.7. The topological polar surface area (TPSA) is 71.8 Å². The number of amides is 1. The monoisotopic (exact) mass is 394 g/mol. The molecule has 0 aliphatic carbocycles. The molecule has 1 amide bonds. The van der Waals surface area contributed by atoms with E-state index >= 15 is 0 Å². The van der Waals surface area contributed by atoms with Crippen molar-refractivity contribution in [3.05, 3.63) is 48.0 Å². The SMILES string of the molecule is CC(C)(C)OC(=O)N1CCC(n2c3ccccc3c3ccc(C(=O)O)cc32)CC1. The summed E-state index contributed by atoms with van der Waals surface area (Å²) in [6.07, 6.45) is 1.32. The number of carboxylic acids is 1. The maximum absolute atomic E-state index is 12.4. The van der Waals surface area contributed by atoms with Crippen LogP contribution in [0.4, 0.5) is 4.79 Å². The van der Waals surface area contributed by atoms with E-state index in [1.807, 2.05) is 39.0 Å². The zero-order valence-electron chi connectivity index (χ0n) is 17.0. The highest BCUT2D eigenvalue weighted by atomic mass is 16.6. The van der Waals surface area contributed by atoms with E-state index in [2.05, 4.69) is 16.7 Å². The summed E-state index contributed by atoms with van der Waals surface area (Å²) < 4.78 is 7.75. The third kappa shape index (κ3) is 3.67. The highest BCUT2D eigenvalue weighted by Gasteiger charge is 2.29. The van der Waals surface area contributed by atoms with E-state index in [4.69, 9.17) is 4.74 Å². The first kappa shape index (κ1) is 19.3. The Kier molecular flexibility index (Phi) is 4.73. The Morgan fingerprint density at radius 2 is 1.66 bits per heavy atom. The minimum Gasteiger partial charge on any atom is -0.478 e. The number of piperidine rings is 1. The fourth-order valence-corrected chi connectivity index (χ4v) is 4.16. The van der Waals surface area contributed by atoms with Crippen molar-refractivity contribution in [2.45, 2.75) is 45.3 Å². The van der Waals surface area contributed by atoms with Gasteiger partial charge in [-0.25, -0.2) is 9.59 Å². The van der Waals surface area contributed by atoms with Crippen LogP contribution in [-0.4, -0.2) is 45.3 Å². The van der Waals surface area contributed by atoms with Crippen LogP contribution in [0.15, 0.2) is 42.5 Å². The summed E-state index contributed by atoms with van der Waals surface area (Å²) in [4.78, 5) is 25.7. The van der Waals surface area contributed by atoms with E-state index in [0.717, 1.165) is 34.6 Å². The molecule has 29 heavy (non-hydrogen) atoms. The van der Waals surface area contributed by atoms with Crippen LogP contribution < -0.4 is 0 Å². The Morgan fingerprint density at radius 3 is 2.31 bits per heavy atom. The number of fused-ring (bicyclic) bond motifs is 3. The van der Waals surface area contributed by atoms with Gasteiger partial charge in [-0.15, -0.1) is 0 Å². The van der Waals surface area contributed by atoms with Crippen LogP contribution in [0.5, 0.6) is 0 Å². The molecular formula is C23H26N2O4. The molecule has 1 aromatic heterocycles. The summed E-state index contributed by atoms with van der Waals surface area (Å²) in [6.45, 7) is 6.85. The van der Waals surface area contributed by atoms with Crippen LogP contribution in [0, 0.1) is 0 Å². The van der Waals surface area contributed by atoms with Gasteiger partial charge in [-0.05, 0) is 51.8 Å². The van der Waals surface area contributed by atoms with E-state index in [9.17, 15) is 14.7 Å². The molecular weight excluding hydrogens is 368 g/mol. The minimum atomic E-state index is -0.927. The number of carbonyl (C=O) groups is 2. The van der Waals surface area contributed by atoms with Gasteiger partial charge in [0.25, 0.3) is 0 Å². The van der Waals surface area contributed by atoms with Gasteiger partial charge in [0.1, 0.15) is 5.60 Å². The number of hydrogen-bond acceptors (Lipinski definition) is 3. The molecule has 1 fully saturated rings.